The third-order valence-corrected chi connectivity index (χ3v) is 4.75. The van der Waals surface area contributed by atoms with Gasteiger partial charge in [0.2, 0.25) is 5.91 Å². The number of halogens is 1. The van der Waals surface area contributed by atoms with Gasteiger partial charge in [-0.15, -0.1) is 10.2 Å². The van der Waals surface area contributed by atoms with Crippen LogP contribution in [0.3, 0.4) is 0 Å². The van der Waals surface area contributed by atoms with Crippen molar-refractivity contribution in [3.8, 4) is 11.3 Å². The van der Waals surface area contributed by atoms with Gasteiger partial charge in [-0.25, -0.2) is 0 Å². The maximum absolute atomic E-state index is 11.3. The lowest BCUT2D eigenvalue weighted by Gasteiger charge is -2.26. The second-order valence-corrected chi connectivity index (χ2v) is 7.37. The molecule has 1 amide bonds. The van der Waals surface area contributed by atoms with Gasteiger partial charge >= 0.3 is 0 Å². The molecule has 0 fully saturated rings. The van der Waals surface area contributed by atoms with Gasteiger partial charge < -0.3 is 11.1 Å². The van der Waals surface area contributed by atoms with E-state index in [1.54, 1.807) is 18.2 Å². The molecule has 0 saturated carbocycles. The lowest BCUT2D eigenvalue weighted by Crippen LogP contribution is -2.28. The van der Waals surface area contributed by atoms with E-state index in [4.69, 9.17) is 17.3 Å². The van der Waals surface area contributed by atoms with Crippen LogP contribution in [0.5, 0.6) is 0 Å². The van der Waals surface area contributed by atoms with Gasteiger partial charge in [-0.2, -0.15) is 0 Å². The lowest BCUT2D eigenvalue weighted by molar-refractivity contribution is 0.100. The van der Waals surface area contributed by atoms with Crippen LogP contribution < -0.4 is 11.1 Å². The number of anilines is 1. The van der Waals surface area contributed by atoms with E-state index >= 15 is 0 Å². The van der Waals surface area contributed by atoms with Crippen molar-refractivity contribution in [2.45, 2.75) is 19.3 Å². The van der Waals surface area contributed by atoms with Crippen molar-refractivity contribution in [2.75, 3.05) is 11.9 Å². The Bertz CT molecular complexity index is 954. The summed E-state index contributed by atoms with van der Waals surface area (Å²) in [6.07, 6.45) is 0. The molecule has 27 heavy (non-hydrogen) atoms. The van der Waals surface area contributed by atoms with Gasteiger partial charge in [-0.1, -0.05) is 55.8 Å². The van der Waals surface area contributed by atoms with E-state index in [9.17, 15) is 4.79 Å². The summed E-state index contributed by atoms with van der Waals surface area (Å²) >= 11 is 6.33. The number of carbonyl (C=O) groups excluding carboxylic acids is 1. The number of benzene rings is 2. The van der Waals surface area contributed by atoms with Crippen LogP contribution in [0.15, 0.2) is 60.7 Å². The molecule has 0 spiro atoms. The van der Waals surface area contributed by atoms with Crippen molar-refractivity contribution in [2.24, 2.45) is 5.73 Å². The molecule has 3 N–H and O–H groups in total. The number of hydrogen-bond donors (Lipinski definition) is 2. The topological polar surface area (TPSA) is 80.9 Å². The van der Waals surface area contributed by atoms with E-state index < -0.39 is 5.91 Å². The molecule has 0 unspecified atom stereocenters. The van der Waals surface area contributed by atoms with Crippen molar-refractivity contribution in [1.29, 1.82) is 0 Å². The van der Waals surface area contributed by atoms with Crippen molar-refractivity contribution in [1.82, 2.24) is 10.2 Å². The quantitative estimate of drug-likeness (QED) is 0.668. The highest BCUT2D eigenvalue weighted by Gasteiger charge is 2.23. The third-order valence-electron chi connectivity index (χ3n) is 4.42. The molecule has 0 atom stereocenters. The number of amides is 1. The highest BCUT2D eigenvalue weighted by atomic mass is 35.5. The van der Waals surface area contributed by atoms with Gasteiger partial charge in [0.15, 0.2) is 0 Å². The van der Waals surface area contributed by atoms with Crippen molar-refractivity contribution in [3.63, 3.8) is 0 Å². The number of carbonyl (C=O) groups is 1. The summed E-state index contributed by atoms with van der Waals surface area (Å²) in [5.41, 5.74) is 8.14. The molecule has 5 nitrogen and oxygen atoms in total. The second-order valence-electron chi connectivity index (χ2n) is 6.97. The second kappa shape index (κ2) is 7.76. The minimum absolute atomic E-state index is 0.172. The van der Waals surface area contributed by atoms with Crippen LogP contribution in [-0.4, -0.2) is 22.6 Å². The maximum Gasteiger partial charge on any atom is 0.248 e. The van der Waals surface area contributed by atoms with Crippen molar-refractivity contribution in [3.05, 3.63) is 76.8 Å². The number of aromatic nitrogens is 2. The summed E-state index contributed by atoms with van der Waals surface area (Å²) in [6, 6.07) is 18.6. The van der Waals surface area contributed by atoms with Crippen molar-refractivity contribution >= 4 is 23.3 Å². The van der Waals surface area contributed by atoms with Crippen LogP contribution in [-0.2, 0) is 5.41 Å². The molecular formula is C21H21ClN4O. The minimum atomic E-state index is -0.468. The fourth-order valence-corrected chi connectivity index (χ4v) is 3.22. The summed E-state index contributed by atoms with van der Waals surface area (Å²) in [5.74, 6) is 0.204. The first-order valence-electron chi connectivity index (χ1n) is 8.60. The van der Waals surface area contributed by atoms with Crippen LogP contribution >= 0.6 is 11.6 Å². The van der Waals surface area contributed by atoms with E-state index in [1.165, 1.54) is 0 Å². The molecule has 1 heterocycles. The van der Waals surface area contributed by atoms with Crippen molar-refractivity contribution < 1.29 is 4.79 Å². The van der Waals surface area contributed by atoms with Crippen LogP contribution in [0.4, 0.5) is 5.82 Å². The summed E-state index contributed by atoms with van der Waals surface area (Å²) < 4.78 is 0. The Balaban J connectivity index is 1.72. The molecule has 2 aromatic carbocycles. The van der Waals surface area contributed by atoms with Gasteiger partial charge in [0, 0.05) is 28.1 Å². The molecule has 3 rings (SSSR count). The van der Waals surface area contributed by atoms with E-state index in [-0.39, 0.29) is 5.41 Å². The Labute approximate surface area is 163 Å². The molecule has 0 aliphatic rings. The smallest absolute Gasteiger partial charge is 0.248 e. The average Bonchev–Trinajstić information content (AvgIpc) is 2.67. The number of primary amides is 1. The number of hydrogen-bond acceptors (Lipinski definition) is 4. The normalized spacial score (nSPS) is 11.2. The van der Waals surface area contributed by atoms with E-state index in [0.717, 1.165) is 16.1 Å². The third kappa shape index (κ3) is 4.44. The van der Waals surface area contributed by atoms with Gasteiger partial charge in [-0.05, 0) is 35.9 Å². The molecule has 0 bridgehead atoms. The van der Waals surface area contributed by atoms with E-state index in [1.807, 2.05) is 42.5 Å². The van der Waals surface area contributed by atoms with Gasteiger partial charge in [0.1, 0.15) is 5.82 Å². The number of nitrogens with zero attached hydrogens (tertiary/aromatic N) is 2. The molecule has 3 aromatic rings. The predicted octanol–water partition coefficient (Wildman–Crippen LogP) is 4.29. The Kier molecular flexibility index (Phi) is 5.42. The fraction of sp³-hybridized carbons (Fsp3) is 0.190. The molecule has 0 radical (unpaired) electrons. The van der Waals surface area contributed by atoms with Gasteiger partial charge in [-0.3, -0.25) is 4.79 Å². The first kappa shape index (κ1) is 18.9. The molecule has 0 aliphatic carbocycles. The lowest BCUT2D eigenvalue weighted by atomic mass is 9.84. The summed E-state index contributed by atoms with van der Waals surface area (Å²) in [5, 5.41) is 12.6. The zero-order chi connectivity index (χ0) is 19.4. The molecule has 0 saturated heterocycles. The molecular weight excluding hydrogens is 360 g/mol. The maximum atomic E-state index is 11.3. The molecule has 6 heteroatoms. The summed E-state index contributed by atoms with van der Waals surface area (Å²) in [4.78, 5) is 11.3. The molecule has 138 valence electrons. The first-order chi connectivity index (χ1) is 12.9. The van der Waals surface area contributed by atoms with Crippen LogP contribution in [0.25, 0.3) is 11.3 Å². The fourth-order valence-electron chi connectivity index (χ4n) is 2.83. The Hall–Kier alpha value is -2.92. The summed E-state index contributed by atoms with van der Waals surface area (Å²) in [6.45, 7) is 4.90. The largest absolute Gasteiger partial charge is 0.368 e. The van der Waals surface area contributed by atoms with Gasteiger partial charge in [0.05, 0.1) is 5.69 Å². The Morgan fingerprint density at radius 3 is 2.52 bits per heavy atom. The van der Waals surface area contributed by atoms with Gasteiger partial charge in [0.25, 0.3) is 0 Å². The number of nitrogens with one attached hydrogen (secondary N) is 1. The average molecular weight is 381 g/mol. The zero-order valence-electron chi connectivity index (χ0n) is 15.2. The number of nitrogens with two attached hydrogens (primary N) is 1. The Morgan fingerprint density at radius 2 is 1.85 bits per heavy atom. The first-order valence-corrected chi connectivity index (χ1v) is 8.97. The van der Waals surface area contributed by atoms with Crippen LogP contribution in [0.1, 0.15) is 29.8 Å². The van der Waals surface area contributed by atoms with Crippen LogP contribution in [0, 0.1) is 0 Å². The molecule has 0 aliphatic heterocycles. The van der Waals surface area contributed by atoms with E-state index in [0.29, 0.717) is 23.6 Å². The van der Waals surface area contributed by atoms with Crippen LogP contribution in [0.2, 0.25) is 5.02 Å². The summed E-state index contributed by atoms with van der Waals surface area (Å²) in [7, 11) is 0. The van der Waals surface area contributed by atoms with E-state index in [2.05, 4.69) is 29.4 Å². The highest BCUT2D eigenvalue weighted by Crippen LogP contribution is 2.30. The SMILES string of the molecule is CC(C)(CNc1ccc(-c2cccc(C(N)=O)c2)nn1)c1ccccc1Cl. The monoisotopic (exact) mass is 380 g/mol. The Morgan fingerprint density at radius 1 is 1.07 bits per heavy atom. The predicted molar refractivity (Wildman–Crippen MR) is 109 cm³/mol. The number of rotatable bonds is 6. The zero-order valence-corrected chi connectivity index (χ0v) is 16.0. The standard InChI is InChI=1S/C21H21ClN4O/c1-21(2,16-8-3-4-9-17(16)22)13-24-19-11-10-18(25-26-19)14-6-5-7-15(12-14)20(23)27/h3-12H,13H2,1-2H3,(H2,23,27)(H,24,26). The highest BCUT2D eigenvalue weighted by molar-refractivity contribution is 6.31. The minimum Gasteiger partial charge on any atom is -0.368 e. The molecule has 1 aromatic heterocycles.